The molecule has 4 aliphatic heterocycles. The van der Waals surface area contributed by atoms with Crippen LogP contribution in [0.3, 0.4) is 0 Å². The van der Waals surface area contributed by atoms with Crippen LogP contribution in [-0.2, 0) is 24.0 Å². The molecule has 5 heteroatoms. The van der Waals surface area contributed by atoms with E-state index in [-0.39, 0.29) is 11.8 Å². The molecule has 4 heterocycles. The predicted octanol–water partition coefficient (Wildman–Crippen LogP) is 3.23. The summed E-state index contributed by atoms with van der Waals surface area (Å²) in [6.45, 7) is 4.09. The number of rotatable bonds is 2. The summed E-state index contributed by atoms with van der Waals surface area (Å²) in [6.07, 6.45) is 1.80. The Morgan fingerprint density at radius 3 is 2.86 bits per heavy atom. The Kier molecular flexibility index (Phi) is 2.86. The molecule has 1 saturated carbocycles. The zero-order valence-electron chi connectivity index (χ0n) is 16.5. The van der Waals surface area contributed by atoms with Crippen LogP contribution in [0.5, 0.6) is 0 Å². The third-order valence-electron chi connectivity index (χ3n) is 6.09. The first-order valence-corrected chi connectivity index (χ1v) is 8.53. The van der Waals surface area contributed by atoms with E-state index >= 15 is 0 Å². The molecule has 0 radical (unpaired) electrons. The minimum absolute atomic E-state index is 0.146. The van der Waals surface area contributed by atoms with Gasteiger partial charge in [-0.1, -0.05) is 13.8 Å². The first-order valence-electron chi connectivity index (χ1n) is 10.0. The maximum atomic E-state index is 8.12. The van der Waals surface area contributed by atoms with Gasteiger partial charge in [0, 0.05) is 29.0 Å². The molecule has 8 atom stereocenters. The maximum absolute atomic E-state index is 8.12. The lowest BCUT2D eigenvalue weighted by Crippen LogP contribution is -2.70. The molecule has 126 valence electrons. The molecule has 1 aliphatic carbocycles. The van der Waals surface area contributed by atoms with Crippen molar-refractivity contribution in [3.63, 3.8) is 0 Å². The van der Waals surface area contributed by atoms with Gasteiger partial charge in [0.1, 0.15) is 0 Å². The van der Waals surface area contributed by atoms with Gasteiger partial charge in [0.15, 0.2) is 18.2 Å². The van der Waals surface area contributed by atoms with E-state index < -0.39 is 36.7 Å². The van der Waals surface area contributed by atoms with E-state index in [1.807, 2.05) is 13.8 Å². The fourth-order valence-electron chi connectivity index (χ4n) is 4.93. The highest BCUT2D eigenvalue weighted by molar-refractivity contribution is 5.09. The highest BCUT2D eigenvalue weighted by Crippen LogP contribution is 2.60. The molecular weight excluding hydrogens is 284 g/mol. The highest BCUT2D eigenvalue weighted by Gasteiger charge is 2.69. The summed E-state index contributed by atoms with van der Waals surface area (Å²) in [5.41, 5.74) is -0.875. The molecule has 0 aromatic carbocycles. The molecule has 4 saturated heterocycles. The average Bonchev–Trinajstić information content (AvgIpc) is 2.74. The molecule has 2 bridgehead atoms. The van der Waals surface area contributed by atoms with Gasteiger partial charge < -0.3 is 14.2 Å². The zero-order valence-corrected chi connectivity index (χ0v) is 13.5. The van der Waals surface area contributed by atoms with Crippen molar-refractivity contribution in [1.29, 1.82) is 0 Å². The number of fused-ring (bicyclic) bond motifs is 2. The largest absolute Gasteiger partial charge is 0.353 e. The van der Waals surface area contributed by atoms with Gasteiger partial charge in [0.2, 0.25) is 5.79 Å². The van der Waals surface area contributed by atoms with Crippen LogP contribution in [-0.4, -0.2) is 30.6 Å². The lowest BCUT2D eigenvalue weighted by Gasteiger charge is -2.60. The summed E-state index contributed by atoms with van der Waals surface area (Å²) in [6, 6.07) is 0. The van der Waals surface area contributed by atoms with Crippen LogP contribution in [0.25, 0.3) is 0 Å². The number of hydrogen-bond acceptors (Lipinski definition) is 5. The second-order valence-corrected chi connectivity index (χ2v) is 7.40. The van der Waals surface area contributed by atoms with Crippen molar-refractivity contribution in [2.24, 2.45) is 23.7 Å². The molecule has 5 fully saturated rings. The predicted molar refractivity (Wildman–Crippen MR) is 78.5 cm³/mol. The SMILES string of the molecule is [2H]C([2H])([2H])[C@H]1[C@@H](OCC)O[C@@H]2O[C@@]3(C)CC[C@H]4[C@H](C)CC[C@@H]1[C@@]24OO3. The normalized spacial score (nSPS) is 59.9. The zero-order chi connectivity index (χ0) is 18.0. The number of hydrogen-bond donors (Lipinski definition) is 0. The van der Waals surface area contributed by atoms with Crippen molar-refractivity contribution in [2.75, 3.05) is 6.61 Å². The van der Waals surface area contributed by atoms with Gasteiger partial charge in [-0.05, 0) is 44.9 Å². The van der Waals surface area contributed by atoms with E-state index in [2.05, 4.69) is 6.92 Å². The van der Waals surface area contributed by atoms with Gasteiger partial charge in [-0.15, -0.1) is 0 Å². The van der Waals surface area contributed by atoms with Crippen LogP contribution in [0, 0.1) is 23.7 Å². The summed E-state index contributed by atoms with van der Waals surface area (Å²) in [7, 11) is 0. The smallest absolute Gasteiger partial charge is 0.201 e. The van der Waals surface area contributed by atoms with E-state index in [9.17, 15) is 0 Å². The molecule has 5 nitrogen and oxygen atoms in total. The second kappa shape index (κ2) is 5.15. The molecule has 0 aromatic heterocycles. The van der Waals surface area contributed by atoms with E-state index in [1.165, 1.54) is 0 Å². The molecule has 5 rings (SSSR count). The van der Waals surface area contributed by atoms with Crippen LogP contribution in [0.4, 0.5) is 0 Å². The van der Waals surface area contributed by atoms with Gasteiger partial charge in [0.25, 0.3) is 0 Å². The molecule has 1 spiro atoms. The van der Waals surface area contributed by atoms with Crippen LogP contribution in [0.2, 0.25) is 0 Å². The van der Waals surface area contributed by atoms with E-state index in [0.717, 1.165) is 19.3 Å². The monoisotopic (exact) mass is 315 g/mol. The Bertz CT molecular complexity index is 529. The molecular formula is C17H28O5. The van der Waals surface area contributed by atoms with Gasteiger partial charge in [-0.3, -0.25) is 0 Å². The van der Waals surface area contributed by atoms with Gasteiger partial charge in [-0.2, -0.15) is 0 Å². The summed E-state index contributed by atoms with van der Waals surface area (Å²) in [5.74, 6) is -1.32. The lowest BCUT2D eigenvalue weighted by molar-refractivity contribution is -0.577. The van der Waals surface area contributed by atoms with Crippen LogP contribution in [0.15, 0.2) is 0 Å². The average molecular weight is 315 g/mol. The third kappa shape index (κ3) is 1.96. The molecule has 0 N–H and O–H groups in total. The summed E-state index contributed by atoms with van der Waals surface area (Å²) in [5, 5.41) is 0. The quantitative estimate of drug-likeness (QED) is 0.732. The minimum Gasteiger partial charge on any atom is -0.353 e. The minimum atomic E-state index is -2.20. The van der Waals surface area contributed by atoms with Crippen LogP contribution < -0.4 is 0 Å². The Balaban J connectivity index is 1.81. The Morgan fingerprint density at radius 1 is 1.23 bits per heavy atom. The standard InChI is InChI=1S/C17H28O5/c1-5-18-14-11(3)13-7-6-10(2)12-8-9-16(4)20-15(19-14)17(12,13)22-21-16/h10-15H,5-9H2,1-4H3/t10-,11-,12+,13+,14+,15-,16-,17-/m1/s1/i3D3. The Morgan fingerprint density at radius 2 is 2.09 bits per heavy atom. The maximum Gasteiger partial charge on any atom is 0.201 e. The first-order chi connectivity index (χ1) is 11.7. The fraction of sp³-hybridized carbons (Fsp3) is 1.00. The fourth-order valence-corrected chi connectivity index (χ4v) is 4.93. The molecule has 5 aliphatic rings. The third-order valence-corrected chi connectivity index (χ3v) is 6.09. The van der Waals surface area contributed by atoms with Crippen molar-refractivity contribution < 1.29 is 28.1 Å². The van der Waals surface area contributed by atoms with E-state index in [1.54, 1.807) is 0 Å². The Labute approximate surface area is 136 Å². The lowest BCUT2D eigenvalue weighted by atomic mass is 9.58. The van der Waals surface area contributed by atoms with Gasteiger partial charge in [-0.25, -0.2) is 9.78 Å². The highest BCUT2D eigenvalue weighted by atomic mass is 17.3. The van der Waals surface area contributed by atoms with Gasteiger partial charge in [0.05, 0.1) is 0 Å². The van der Waals surface area contributed by atoms with Gasteiger partial charge >= 0.3 is 0 Å². The first kappa shape index (κ1) is 12.2. The van der Waals surface area contributed by atoms with Crippen molar-refractivity contribution in [3.05, 3.63) is 0 Å². The number of ether oxygens (including phenoxy) is 3. The summed E-state index contributed by atoms with van der Waals surface area (Å²) >= 11 is 0. The topological polar surface area (TPSA) is 46.2 Å². The molecule has 0 aromatic rings. The van der Waals surface area contributed by atoms with Crippen LogP contribution in [0.1, 0.15) is 57.4 Å². The summed E-state index contributed by atoms with van der Waals surface area (Å²) < 4.78 is 42.4. The second-order valence-electron chi connectivity index (χ2n) is 7.40. The van der Waals surface area contributed by atoms with Crippen molar-refractivity contribution in [2.45, 2.75) is 77.3 Å². The van der Waals surface area contributed by atoms with Crippen molar-refractivity contribution in [3.8, 4) is 0 Å². The molecule has 0 amide bonds. The van der Waals surface area contributed by atoms with Crippen molar-refractivity contribution >= 4 is 0 Å². The van der Waals surface area contributed by atoms with E-state index in [0.29, 0.717) is 18.9 Å². The van der Waals surface area contributed by atoms with E-state index in [4.69, 9.17) is 28.1 Å². The van der Waals surface area contributed by atoms with Crippen molar-refractivity contribution in [1.82, 2.24) is 0 Å². The van der Waals surface area contributed by atoms with Crippen LogP contribution >= 0.6 is 0 Å². The summed E-state index contributed by atoms with van der Waals surface area (Å²) in [4.78, 5) is 11.7. The molecule has 22 heavy (non-hydrogen) atoms. The molecule has 0 unspecified atom stereocenters. The Hall–Kier alpha value is -0.200.